The molecular formula is C10H20N2O. The van der Waals surface area contributed by atoms with Crippen molar-refractivity contribution in [3.63, 3.8) is 0 Å². The SMILES string of the molecule is C=CCNC(=O)C(CC(C)C)NC. The summed E-state index contributed by atoms with van der Waals surface area (Å²) in [5.74, 6) is 0.572. The number of carbonyl (C=O) groups excluding carboxylic acids is 1. The van der Waals surface area contributed by atoms with Gasteiger partial charge in [0.05, 0.1) is 6.04 Å². The topological polar surface area (TPSA) is 41.1 Å². The van der Waals surface area contributed by atoms with Gasteiger partial charge in [0.25, 0.3) is 0 Å². The van der Waals surface area contributed by atoms with Gasteiger partial charge < -0.3 is 10.6 Å². The molecule has 3 heteroatoms. The van der Waals surface area contributed by atoms with Gasteiger partial charge in [0, 0.05) is 6.54 Å². The van der Waals surface area contributed by atoms with E-state index in [0.29, 0.717) is 12.5 Å². The minimum atomic E-state index is -0.0834. The minimum absolute atomic E-state index is 0.0519. The van der Waals surface area contributed by atoms with E-state index in [1.165, 1.54) is 0 Å². The third-order valence-corrected chi connectivity index (χ3v) is 1.79. The van der Waals surface area contributed by atoms with E-state index in [0.717, 1.165) is 6.42 Å². The molecule has 0 radical (unpaired) electrons. The van der Waals surface area contributed by atoms with Crippen molar-refractivity contribution in [1.29, 1.82) is 0 Å². The summed E-state index contributed by atoms with van der Waals surface area (Å²) in [6.45, 7) is 8.29. The Kier molecular flexibility index (Phi) is 6.24. The van der Waals surface area contributed by atoms with E-state index >= 15 is 0 Å². The lowest BCUT2D eigenvalue weighted by Crippen LogP contribution is -2.43. The molecule has 13 heavy (non-hydrogen) atoms. The molecule has 0 rings (SSSR count). The molecule has 3 nitrogen and oxygen atoms in total. The normalized spacial score (nSPS) is 12.6. The van der Waals surface area contributed by atoms with Gasteiger partial charge in [-0.2, -0.15) is 0 Å². The summed E-state index contributed by atoms with van der Waals surface area (Å²) in [7, 11) is 1.81. The first-order valence-corrected chi connectivity index (χ1v) is 4.67. The van der Waals surface area contributed by atoms with Crippen LogP contribution in [0.1, 0.15) is 20.3 Å². The second-order valence-electron chi connectivity index (χ2n) is 3.50. The van der Waals surface area contributed by atoms with E-state index in [4.69, 9.17) is 0 Å². The third-order valence-electron chi connectivity index (χ3n) is 1.79. The van der Waals surface area contributed by atoms with Crippen LogP contribution in [-0.4, -0.2) is 25.5 Å². The van der Waals surface area contributed by atoms with Crippen molar-refractivity contribution in [2.24, 2.45) is 5.92 Å². The Morgan fingerprint density at radius 2 is 2.15 bits per heavy atom. The number of nitrogens with one attached hydrogen (secondary N) is 2. The summed E-state index contributed by atoms with van der Waals surface area (Å²) in [4.78, 5) is 11.4. The van der Waals surface area contributed by atoms with Crippen molar-refractivity contribution in [2.45, 2.75) is 26.3 Å². The largest absolute Gasteiger partial charge is 0.351 e. The van der Waals surface area contributed by atoms with E-state index in [1.54, 1.807) is 13.1 Å². The molecule has 0 saturated heterocycles. The zero-order chi connectivity index (χ0) is 10.3. The molecule has 1 atom stereocenters. The Balaban J connectivity index is 3.91. The molecule has 0 aliphatic rings. The van der Waals surface area contributed by atoms with Crippen LogP contribution in [-0.2, 0) is 4.79 Å². The standard InChI is InChI=1S/C10H20N2O/c1-5-6-12-10(13)9(11-4)7-8(2)3/h5,8-9,11H,1,6-7H2,2-4H3,(H,12,13). The number of rotatable bonds is 6. The van der Waals surface area contributed by atoms with Gasteiger partial charge in [-0.25, -0.2) is 0 Å². The fourth-order valence-electron chi connectivity index (χ4n) is 1.12. The third kappa shape index (κ3) is 5.42. The van der Waals surface area contributed by atoms with Crippen LogP contribution in [0.2, 0.25) is 0 Å². The molecule has 0 saturated carbocycles. The first-order chi connectivity index (χ1) is 6.11. The Morgan fingerprint density at radius 3 is 2.54 bits per heavy atom. The lowest BCUT2D eigenvalue weighted by molar-refractivity contribution is -0.123. The Labute approximate surface area is 80.6 Å². The van der Waals surface area contributed by atoms with Gasteiger partial charge in [-0.15, -0.1) is 6.58 Å². The summed E-state index contributed by atoms with van der Waals surface area (Å²) in [6.07, 6.45) is 2.54. The minimum Gasteiger partial charge on any atom is -0.351 e. The van der Waals surface area contributed by atoms with Crippen LogP contribution >= 0.6 is 0 Å². The van der Waals surface area contributed by atoms with Gasteiger partial charge in [0.1, 0.15) is 0 Å². The van der Waals surface area contributed by atoms with E-state index < -0.39 is 0 Å². The van der Waals surface area contributed by atoms with E-state index in [2.05, 4.69) is 31.1 Å². The van der Waals surface area contributed by atoms with Gasteiger partial charge >= 0.3 is 0 Å². The van der Waals surface area contributed by atoms with Crippen molar-refractivity contribution >= 4 is 5.91 Å². The van der Waals surface area contributed by atoms with Crippen LogP contribution < -0.4 is 10.6 Å². The second kappa shape index (κ2) is 6.66. The molecule has 0 fully saturated rings. The molecule has 1 unspecified atom stereocenters. The molecule has 1 amide bonds. The number of hydrogen-bond acceptors (Lipinski definition) is 2. The maximum absolute atomic E-state index is 11.4. The molecule has 0 spiro atoms. The molecule has 0 aromatic carbocycles. The van der Waals surface area contributed by atoms with Crippen LogP contribution in [0.3, 0.4) is 0 Å². The van der Waals surface area contributed by atoms with Crippen molar-refractivity contribution in [2.75, 3.05) is 13.6 Å². The average Bonchev–Trinajstić information content (AvgIpc) is 2.09. The van der Waals surface area contributed by atoms with Crippen LogP contribution in [0.5, 0.6) is 0 Å². The van der Waals surface area contributed by atoms with E-state index in [1.807, 2.05) is 0 Å². The van der Waals surface area contributed by atoms with Crippen LogP contribution in [0.4, 0.5) is 0 Å². The Bertz CT molecular complexity index is 166. The van der Waals surface area contributed by atoms with Gasteiger partial charge in [-0.05, 0) is 19.4 Å². The maximum atomic E-state index is 11.4. The quantitative estimate of drug-likeness (QED) is 0.603. The summed E-state index contributed by atoms with van der Waals surface area (Å²) in [5, 5.41) is 5.76. The van der Waals surface area contributed by atoms with Crippen LogP contribution in [0, 0.1) is 5.92 Å². The number of carbonyl (C=O) groups is 1. The number of likely N-dealkylation sites (N-methyl/N-ethyl adjacent to an activating group) is 1. The fraction of sp³-hybridized carbons (Fsp3) is 0.700. The van der Waals surface area contributed by atoms with Crippen molar-refractivity contribution < 1.29 is 4.79 Å². The van der Waals surface area contributed by atoms with Gasteiger partial charge in [-0.1, -0.05) is 19.9 Å². The fourth-order valence-corrected chi connectivity index (χ4v) is 1.12. The molecule has 0 aromatic rings. The summed E-state index contributed by atoms with van der Waals surface area (Å²) in [5.41, 5.74) is 0. The highest BCUT2D eigenvalue weighted by molar-refractivity contribution is 5.81. The molecule has 0 bridgehead atoms. The lowest BCUT2D eigenvalue weighted by atomic mass is 10.0. The highest BCUT2D eigenvalue weighted by Crippen LogP contribution is 2.03. The van der Waals surface area contributed by atoms with E-state index in [-0.39, 0.29) is 11.9 Å². The number of hydrogen-bond donors (Lipinski definition) is 2. The Morgan fingerprint density at radius 1 is 1.54 bits per heavy atom. The highest BCUT2D eigenvalue weighted by Gasteiger charge is 2.16. The van der Waals surface area contributed by atoms with Crippen molar-refractivity contribution in [3.8, 4) is 0 Å². The van der Waals surface area contributed by atoms with E-state index in [9.17, 15) is 4.79 Å². The van der Waals surface area contributed by atoms with Gasteiger partial charge in [0.15, 0.2) is 0 Å². The Hall–Kier alpha value is -0.830. The summed E-state index contributed by atoms with van der Waals surface area (Å²) < 4.78 is 0. The predicted molar refractivity (Wildman–Crippen MR) is 55.5 cm³/mol. The summed E-state index contributed by atoms with van der Waals surface area (Å²) in [6, 6.07) is -0.0834. The van der Waals surface area contributed by atoms with Gasteiger partial charge in [0.2, 0.25) is 5.91 Å². The summed E-state index contributed by atoms with van der Waals surface area (Å²) >= 11 is 0. The average molecular weight is 184 g/mol. The smallest absolute Gasteiger partial charge is 0.237 e. The molecule has 76 valence electrons. The van der Waals surface area contributed by atoms with Crippen LogP contribution in [0.25, 0.3) is 0 Å². The first kappa shape index (κ1) is 12.2. The van der Waals surface area contributed by atoms with Crippen molar-refractivity contribution in [1.82, 2.24) is 10.6 Å². The predicted octanol–water partition coefficient (Wildman–Crippen LogP) is 0.923. The van der Waals surface area contributed by atoms with Gasteiger partial charge in [-0.3, -0.25) is 4.79 Å². The zero-order valence-corrected chi connectivity index (χ0v) is 8.76. The molecule has 0 aliphatic carbocycles. The number of amides is 1. The highest BCUT2D eigenvalue weighted by atomic mass is 16.2. The van der Waals surface area contributed by atoms with Crippen LogP contribution in [0.15, 0.2) is 12.7 Å². The lowest BCUT2D eigenvalue weighted by Gasteiger charge is -2.17. The molecule has 0 heterocycles. The molecular weight excluding hydrogens is 164 g/mol. The molecule has 2 N–H and O–H groups in total. The maximum Gasteiger partial charge on any atom is 0.237 e. The molecule has 0 aliphatic heterocycles. The second-order valence-corrected chi connectivity index (χ2v) is 3.50. The molecule has 0 aromatic heterocycles. The zero-order valence-electron chi connectivity index (χ0n) is 8.76. The first-order valence-electron chi connectivity index (χ1n) is 4.67. The monoisotopic (exact) mass is 184 g/mol. The van der Waals surface area contributed by atoms with Crippen molar-refractivity contribution in [3.05, 3.63) is 12.7 Å².